The lowest BCUT2D eigenvalue weighted by Gasteiger charge is -2.28. The molecule has 1 heterocycles. The minimum atomic E-state index is -0.459. The van der Waals surface area contributed by atoms with Crippen LogP contribution in [-0.4, -0.2) is 38.3 Å². The van der Waals surface area contributed by atoms with E-state index in [4.69, 9.17) is 0 Å². The molecule has 0 radical (unpaired) electrons. The van der Waals surface area contributed by atoms with Gasteiger partial charge in [0.15, 0.2) is 5.82 Å². The number of aliphatic hydroxyl groups is 1. The maximum atomic E-state index is 12.4. The molecule has 0 saturated heterocycles. The average Bonchev–Trinajstić information content (AvgIpc) is 3.19. The molecule has 3 rings (SSSR count). The Hall–Kier alpha value is -2.21. The number of rotatable bonds is 4. The van der Waals surface area contributed by atoms with Crippen molar-refractivity contribution in [2.75, 3.05) is 6.61 Å². The smallest absolute Gasteiger partial charge is 0.251 e. The Bertz CT molecular complexity index is 618. The van der Waals surface area contributed by atoms with Crippen molar-refractivity contribution in [2.45, 2.75) is 31.2 Å². The Morgan fingerprint density at radius 1 is 1.38 bits per heavy atom. The van der Waals surface area contributed by atoms with E-state index in [2.05, 4.69) is 20.5 Å². The van der Waals surface area contributed by atoms with Gasteiger partial charge < -0.3 is 10.4 Å². The van der Waals surface area contributed by atoms with Gasteiger partial charge in [-0.3, -0.25) is 9.89 Å². The molecule has 0 aliphatic heterocycles. The largest absolute Gasteiger partial charge is 0.394 e. The number of aliphatic hydroxyl groups excluding tert-OH is 1. The fourth-order valence-corrected chi connectivity index (χ4v) is 2.84. The summed E-state index contributed by atoms with van der Waals surface area (Å²) < 4.78 is 0. The van der Waals surface area contributed by atoms with Crippen LogP contribution >= 0.6 is 0 Å². The summed E-state index contributed by atoms with van der Waals surface area (Å²) in [6.07, 6.45) is 5.17. The van der Waals surface area contributed by atoms with Gasteiger partial charge in [0.2, 0.25) is 0 Å². The molecule has 1 fully saturated rings. The zero-order chi connectivity index (χ0) is 14.7. The first-order chi connectivity index (χ1) is 10.2. The van der Waals surface area contributed by atoms with E-state index in [9.17, 15) is 9.90 Å². The molecule has 0 bridgehead atoms. The van der Waals surface area contributed by atoms with Crippen LogP contribution in [0.3, 0.4) is 0 Å². The van der Waals surface area contributed by atoms with Crippen molar-refractivity contribution in [1.29, 1.82) is 0 Å². The monoisotopic (exact) mass is 286 g/mol. The molecule has 0 unspecified atom stereocenters. The van der Waals surface area contributed by atoms with Gasteiger partial charge in [0.05, 0.1) is 12.1 Å². The quantitative estimate of drug-likeness (QED) is 0.794. The molecule has 1 saturated carbocycles. The normalized spacial score (nSPS) is 16.8. The number of aromatic nitrogens is 3. The number of amides is 1. The summed E-state index contributed by atoms with van der Waals surface area (Å²) in [4.78, 5) is 16.5. The number of aromatic amines is 1. The molecular formula is C15H18N4O2. The molecule has 1 aromatic carbocycles. The first-order valence-corrected chi connectivity index (χ1v) is 7.12. The predicted molar refractivity (Wildman–Crippen MR) is 77.6 cm³/mol. The standard InChI is InChI=1S/C15H18N4O2/c20-9-15(6-1-2-7-15)18-14(21)12-5-3-4-11(8-12)13-16-10-17-19-13/h3-5,8,10,20H,1-2,6-7,9H2,(H,18,21)(H,16,17,19). The van der Waals surface area contributed by atoms with E-state index in [-0.39, 0.29) is 12.5 Å². The Morgan fingerprint density at radius 3 is 2.86 bits per heavy atom. The third-order valence-corrected chi connectivity index (χ3v) is 4.06. The number of benzene rings is 1. The van der Waals surface area contributed by atoms with Crippen molar-refractivity contribution in [3.8, 4) is 11.4 Å². The van der Waals surface area contributed by atoms with Crippen LogP contribution in [0.5, 0.6) is 0 Å². The van der Waals surface area contributed by atoms with Crippen LogP contribution in [0.15, 0.2) is 30.6 Å². The van der Waals surface area contributed by atoms with E-state index in [1.165, 1.54) is 6.33 Å². The SMILES string of the molecule is O=C(NC1(CO)CCCC1)c1cccc(-c2ncn[nH]2)c1. The summed E-state index contributed by atoms with van der Waals surface area (Å²) in [5.41, 5.74) is 0.910. The van der Waals surface area contributed by atoms with Crippen molar-refractivity contribution < 1.29 is 9.90 Å². The van der Waals surface area contributed by atoms with Crippen molar-refractivity contribution >= 4 is 5.91 Å². The van der Waals surface area contributed by atoms with E-state index in [0.717, 1.165) is 31.2 Å². The molecular weight excluding hydrogens is 268 g/mol. The number of hydrogen-bond donors (Lipinski definition) is 3. The topological polar surface area (TPSA) is 90.9 Å². The molecule has 0 atom stereocenters. The summed E-state index contributed by atoms with van der Waals surface area (Å²) in [6.45, 7) is -0.0134. The molecule has 1 aliphatic rings. The molecule has 3 N–H and O–H groups in total. The highest BCUT2D eigenvalue weighted by atomic mass is 16.3. The van der Waals surface area contributed by atoms with Crippen LogP contribution in [0.25, 0.3) is 11.4 Å². The van der Waals surface area contributed by atoms with Crippen molar-refractivity contribution in [1.82, 2.24) is 20.5 Å². The van der Waals surface area contributed by atoms with Crippen LogP contribution in [0, 0.1) is 0 Å². The maximum Gasteiger partial charge on any atom is 0.251 e. The lowest BCUT2D eigenvalue weighted by Crippen LogP contribution is -2.49. The summed E-state index contributed by atoms with van der Waals surface area (Å²) >= 11 is 0. The van der Waals surface area contributed by atoms with Crippen LogP contribution in [0.2, 0.25) is 0 Å². The second-order valence-electron chi connectivity index (χ2n) is 5.51. The Kier molecular flexibility index (Phi) is 3.70. The van der Waals surface area contributed by atoms with Gasteiger partial charge in [-0.15, -0.1) is 0 Å². The average molecular weight is 286 g/mol. The maximum absolute atomic E-state index is 12.4. The number of carbonyl (C=O) groups is 1. The van der Waals surface area contributed by atoms with Gasteiger partial charge in [0.25, 0.3) is 5.91 Å². The van der Waals surface area contributed by atoms with Gasteiger partial charge in [-0.25, -0.2) is 4.98 Å². The zero-order valence-electron chi connectivity index (χ0n) is 11.7. The Labute approximate surface area is 122 Å². The minimum Gasteiger partial charge on any atom is -0.394 e. The molecule has 21 heavy (non-hydrogen) atoms. The molecule has 6 heteroatoms. The summed E-state index contributed by atoms with van der Waals surface area (Å²) in [7, 11) is 0. The lowest BCUT2D eigenvalue weighted by molar-refractivity contribution is 0.0838. The third kappa shape index (κ3) is 2.80. The molecule has 1 aliphatic carbocycles. The number of nitrogens with zero attached hydrogens (tertiary/aromatic N) is 2. The summed E-state index contributed by atoms with van der Waals surface area (Å²) in [5.74, 6) is 0.467. The highest BCUT2D eigenvalue weighted by molar-refractivity contribution is 5.95. The van der Waals surface area contributed by atoms with Crippen molar-refractivity contribution in [2.24, 2.45) is 0 Å². The van der Waals surface area contributed by atoms with Crippen LogP contribution < -0.4 is 5.32 Å². The molecule has 0 spiro atoms. The van der Waals surface area contributed by atoms with Crippen LogP contribution in [0.1, 0.15) is 36.0 Å². The third-order valence-electron chi connectivity index (χ3n) is 4.06. The van der Waals surface area contributed by atoms with E-state index < -0.39 is 5.54 Å². The van der Waals surface area contributed by atoms with Gasteiger partial charge in [-0.2, -0.15) is 5.10 Å². The van der Waals surface area contributed by atoms with Gasteiger partial charge in [0, 0.05) is 11.1 Å². The minimum absolute atomic E-state index is 0.0134. The summed E-state index contributed by atoms with van der Waals surface area (Å²) in [6, 6.07) is 7.22. The molecule has 1 amide bonds. The van der Waals surface area contributed by atoms with Gasteiger partial charge in [-0.05, 0) is 25.0 Å². The highest BCUT2D eigenvalue weighted by Gasteiger charge is 2.34. The predicted octanol–water partition coefficient (Wildman–Crippen LogP) is 1.51. The first-order valence-electron chi connectivity index (χ1n) is 7.12. The molecule has 6 nitrogen and oxygen atoms in total. The van der Waals surface area contributed by atoms with E-state index in [1.54, 1.807) is 12.1 Å². The fraction of sp³-hybridized carbons (Fsp3) is 0.400. The van der Waals surface area contributed by atoms with Crippen molar-refractivity contribution in [3.63, 3.8) is 0 Å². The van der Waals surface area contributed by atoms with E-state index in [1.807, 2.05) is 12.1 Å². The molecule has 1 aromatic heterocycles. The fourth-order valence-electron chi connectivity index (χ4n) is 2.84. The van der Waals surface area contributed by atoms with Crippen molar-refractivity contribution in [3.05, 3.63) is 36.2 Å². The van der Waals surface area contributed by atoms with Gasteiger partial charge >= 0.3 is 0 Å². The number of nitrogens with one attached hydrogen (secondary N) is 2. The second-order valence-corrected chi connectivity index (χ2v) is 5.51. The zero-order valence-corrected chi connectivity index (χ0v) is 11.7. The first kappa shape index (κ1) is 13.8. The number of H-pyrrole nitrogens is 1. The Morgan fingerprint density at radius 2 is 2.19 bits per heavy atom. The van der Waals surface area contributed by atoms with Crippen LogP contribution in [0.4, 0.5) is 0 Å². The van der Waals surface area contributed by atoms with E-state index in [0.29, 0.717) is 11.4 Å². The van der Waals surface area contributed by atoms with Crippen LogP contribution in [-0.2, 0) is 0 Å². The van der Waals surface area contributed by atoms with E-state index >= 15 is 0 Å². The lowest BCUT2D eigenvalue weighted by atomic mass is 9.98. The Balaban J connectivity index is 1.80. The van der Waals surface area contributed by atoms with Gasteiger partial charge in [-0.1, -0.05) is 25.0 Å². The molecule has 2 aromatic rings. The van der Waals surface area contributed by atoms with Gasteiger partial charge in [0.1, 0.15) is 6.33 Å². The summed E-state index contributed by atoms with van der Waals surface area (Å²) in [5, 5.41) is 19.2. The second kappa shape index (κ2) is 5.65. The molecule has 110 valence electrons. The number of hydrogen-bond acceptors (Lipinski definition) is 4. The number of carbonyl (C=O) groups excluding carboxylic acids is 1. The highest BCUT2D eigenvalue weighted by Crippen LogP contribution is 2.29.